The molecule has 158 valence electrons. The highest BCUT2D eigenvalue weighted by molar-refractivity contribution is 7.89. The zero-order valence-electron chi connectivity index (χ0n) is 16.7. The van der Waals surface area contributed by atoms with Gasteiger partial charge < -0.3 is 10.2 Å². The van der Waals surface area contributed by atoms with E-state index in [-0.39, 0.29) is 11.3 Å². The summed E-state index contributed by atoms with van der Waals surface area (Å²) in [6.45, 7) is 2.74. The minimum Gasteiger partial charge on any atom is -0.356 e. The number of nitrogens with zero attached hydrogens (tertiary/aromatic N) is 4. The molecule has 3 fully saturated rings. The van der Waals surface area contributed by atoms with Gasteiger partial charge in [-0.15, -0.1) is 0 Å². The van der Waals surface area contributed by atoms with Gasteiger partial charge in [0.2, 0.25) is 21.9 Å². The normalized spacial score (nSPS) is 26.4. The van der Waals surface area contributed by atoms with Crippen molar-refractivity contribution in [1.82, 2.24) is 19.6 Å². The fourth-order valence-electron chi connectivity index (χ4n) is 5.52. The van der Waals surface area contributed by atoms with Gasteiger partial charge in [0, 0.05) is 50.5 Å². The number of benzene rings is 1. The maximum Gasteiger partial charge on any atom is 0.243 e. The molecule has 9 heteroatoms. The van der Waals surface area contributed by atoms with Crippen LogP contribution < -0.4 is 10.2 Å². The Morgan fingerprint density at radius 1 is 0.933 bits per heavy atom. The molecular weight excluding hydrogens is 402 g/mol. The van der Waals surface area contributed by atoms with Crippen molar-refractivity contribution in [2.45, 2.75) is 24.2 Å². The maximum atomic E-state index is 13.1. The number of fused-ring (bicyclic) bond motifs is 1. The number of sulfonamides is 1. The number of piperidine rings is 1. The Balaban J connectivity index is 1.43. The summed E-state index contributed by atoms with van der Waals surface area (Å²) >= 11 is 0. The fourth-order valence-corrected chi connectivity index (χ4v) is 6.99. The third kappa shape index (κ3) is 2.83. The Morgan fingerprint density at radius 2 is 1.63 bits per heavy atom. The summed E-state index contributed by atoms with van der Waals surface area (Å²) in [4.78, 5) is 24.2. The number of rotatable bonds is 3. The van der Waals surface area contributed by atoms with Crippen LogP contribution in [0.5, 0.6) is 0 Å². The van der Waals surface area contributed by atoms with E-state index in [1.54, 1.807) is 47.0 Å². The lowest BCUT2D eigenvalue weighted by Crippen LogP contribution is -2.53. The molecular formula is C21H25N5O3S. The van der Waals surface area contributed by atoms with E-state index in [4.69, 9.17) is 0 Å². The largest absolute Gasteiger partial charge is 0.356 e. The zero-order valence-corrected chi connectivity index (χ0v) is 17.5. The number of carbonyl (C=O) groups excluding carboxylic acids is 1. The first-order valence-electron chi connectivity index (χ1n) is 10.3. The minimum atomic E-state index is -3.53. The van der Waals surface area contributed by atoms with Crippen molar-refractivity contribution in [2.24, 2.45) is 10.8 Å². The summed E-state index contributed by atoms with van der Waals surface area (Å²) in [5, 5.41) is 3.02. The predicted molar refractivity (Wildman–Crippen MR) is 111 cm³/mol. The average Bonchev–Trinajstić information content (AvgIpc) is 3.31. The summed E-state index contributed by atoms with van der Waals surface area (Å²) in [6.07, 6.45) is 5.49. The molecule has 0 aliphatic carbocycles. The zero-order chi connectivity index (χ0) is 20.8. The molecule has 3 saturated heterocycles. The van der Waals surface area contributed by atoms with Crippen molar-refractivity contribution >= 4 is 21.9 Å². The molecule has 0 radical (unpaired) electrons. The van der Waals surface area contributed by atoms with Crippen LogP contribution in [0.1, 0.15) is 19.3 Å². The third-order valence-electron chi connectivity index (χ3n) is 7.14. The molecule has 4 heterocycles. The predicted octanol–water partition coefficient (Wildman–Crippen LogP) is 1.27. The molecule has 2 aromatic rings. The van der Waals surface area contributed by atoms with Crippen LogP contribution in [0.25, 0.3) is 0 Å². The Labute approximate surface area is 176 Å². The number of nitrogens with one attached hydrogen (secondary N) is 1. The Hall–Kier alpha value is -2.52. The number of aromatic nitrogens is 2. The summed E-state index contributed by atoms with van der Waals surface area (Å²) in [7, 11) is -3.53. The average molecular weight is 428 g/mol. The molecule has 1 aromatic carbocycles. The maximum absolute atomic E-state index is 13.1. The van der Waals surface area contributed by atoms with Crippen LogP contribution in [0, 0.1) is 10.8 Å². The first-order chi connectivity index (χ1) is 14.5. The van der Waals surface area contributed by atoms with Crippen molar-refractivity contribution < 1.29 is 13.2 Å². The van der Waals surface area contributed by atoms with Gasteiger partial charge in [0.25, 0.3) is 0 Å². The van der Waals surface area contributed by atoms with Crippen LogP contribution in [0.3, 0.4) is 0 Å². The van der Waals surface area contributed by atoms with Crippen LogP contribution in [-0.4, -0.2) is 61.3 Å². The molecule has 0 bridgehead atoms. The van der Waals surface area contributed by atoms with E-state index in [0.29, 0.717) is 56.4 Å². The topological polar surface area (TPSA) is 95.5 Å². The van der Waals surface area contributed by atoms with Crippen LogP contribution >= 0.6 is 0 Å². The van der Waals surface area contributed by atoms with E-state index in [9.17, 15) is 13.2 Å². The lowest BCUT2D eigenvalue weighted by Gasteiger charge is -2.45. The highest BCUT2D eigenvalue weighted by atomic mass is 32.2. The first kappa shape index (κ1) is 19.4. The molecule has 1 N–H and O–H groups in total. The second kappa shape index (κ2) is 7.02. The van der Waals surface area contributed by atoms with Crippen LogP contribution in [0.2, 0.25) is 0 Å². The Morgan fingerprint density at radius 3 is 2.27 bits per heavy atom. The molecule has 1 unspecified atom stereocenters. The number of hydrogen-bond donors (Lipinski definition) is 1. The van der Waals surface area contributed by atoms with Crippen molar-refractivity contribution in [1.29, 1.82) is 0 Å². The van der Waals surface area contributed by atoms with Crippen LogP contribution in [0.15, 0.2) is 53.7 Å². The van der Waals surface area contributed by atoms with Gasteiger partial charge in [0.1, 0.15) is 0 Å². The number of hydrogen-bond acceptors (Lipinski definition) is 6. The molecule has 1 aromatic heterocycles. The summed E-state index contributed by atoms with van der Waals surface area (Å²) in [6, 6.07) is 10.3. The van der Waals surface area contributed by atoms with Gasteiger partial charge in [-0.1, -0.05) is 18.2 Å². The van der Waals surface area contributed by atoms with Crippen molar-refractivity contribution in [3.63, 3.8) is 0 Å². The molecule has 8 nitrogen and oxygen atoms in total. The van der Waals surface area contributed by atoms with Gasteiger partial charge in [-0.3, -0.25) is 4.79 Å². The monoisotopic (exact) mass is 427 g/mol. The van der Waals surface area contributed by atoms with E-state index in [0.717, 1.165) is 6.42 Å². The fraction of sp³-hybridized carbons (Fsp3) is 0.476. The summed E-state index contributed by atoms with van der Waals surface area (Å²) < 4.78 is 27.7. The first-order valence-corrected chi connectivity index (χ1v) is 11.8. The number of amides is 1. The van der Waals surface area contributed by atoms with Gasteiger partial charge in [0.05, 0.1) is 10.3 Å². The third-order valence-corrected chi connectivity index (χ3v) is 9.05. The van der Waals surface area contributed by atoms with E-state index >= 15 is 0 Å². The Kier molecular flexibility index (Phi) is 4.55. The molecule has 1 atom stereocenters. The molecule has 30 heavy (non-hydrogen) atoms. The molecule has 1 amide bonds. The van der Waals surface area contributed by atoms with Gasteiger partial charge in [-0.25, -0.2) is 18.4 Å². The molecule has 5 rings (SSSR count). The second-order valence-electron chi connectivity index (χ2n) is 8.49. The van der Waals surface area contributed by atoms with Gasteiger partial charge in [-0.2, -0.15) is 4.31 Å². The van der Waals surface area contributed by atoms with E-state index in [1.165, 1.54) is 0 Å². The molecule has 2 spiro atoms. The SMILES string of the molecule is O=C1NCCC12CN(c1ncccn1)CC21CCN(S(=O)(=O)c2ccccc2)CC1. The summed E-state index contributed by atoms with van der Waals surface area (Å²) in [5.74, 6) is 0.716. The highest BCUT2D eigenvalue weighted by Crippen LogP contribution is 2.57. The number of carbonyl (C=O) groups is 1. The smallest absolute Gasteiger partial charge is 0.243 e. The lowest BCUT2D eigenvalue weighted by atomic mass is 9.60. The summed E-state index contributed by atoms with van der Waals surface area (Å²) in [5.41, 5.74) is -0.801. The van der Waals surface area contributed by atoms with Gasteiger partial charge in [0.15, 0.2) is 0 Å². The van der Waals surface area contributed by atoms with Crippen molar-refractivity contribution in [3.05, 3.63) is 48.8 Å². The second-order valence-corrected chi connectivity index (χ2v) is 10.4. The molecule has 0 saturated carbocycles. The van der Waals surface area contributed by atoms with Crippen LogP contribution in [-0.2, 0) is 14.8 Å². The quantitative estimate of drug-likeness (QED) is 0.793. The van der Waals surface area contributed by atoms with E-state index in [2.05, 4.69) is 20.2 Å². The number of anilines is 1. The van der Waals surface area contributed by atoms with Crippen molar-refractivity contribution in [2.75, 3.05) is 37.6 Å². The van der Waals surface area contributed by atoms with Crippen molar-refractivity contribution in [3.8, 4) is 0 Å². The molecule has 3 aliphatic rings. The standard InChI is InChI=1S/C21H25N5O3S/c27-18-21(7-12-22-18)16-25(19-23-10-4-11-24-19)15-20(21)8-13-26(14-9-20)30(28,29)17-5-2-1-3-6-17/h1-6,10-11H,7-9,12-16H2,(H,22,27). The van der Waals surface area contributed by atoms with E-state index < -0.39 is 15.4 Å². The molecule has 3 aliphatic heterocycles. The van der Waals surface area contributed by atoms with E-state index in [1.807, 2.05) is 6.07 Å². The van der Waals surface area contributed by atoms with Gasteiger partial charge in [-0.05, 0) is 37.5 Å². The van der Waals surface area contributed by atoms with Gasteiger partial charge >= 0.3 is 0 Å². The highest BCUT2D eigenvalue weighted by Gasteiger charge is 2.64. The Bertz CT molecular complexity index is 1040. The van der Waals surface area contributed by atoms with Crippen LogP contribution in [0.4, 0.5) is 5.95 Å². The lowest BCUT2D eigenvalue weighted by molar-refractivity contribution is -0.133. The minimum absolute atomic E-state index is 0.0836.